The topological polar surface area (TPSA) is 48.9 Å². The van der Waals surface area contributed by atoms with Crippen molar-refractivity contribution in [3.63, 3.8) is 0 Å². The molecule has 122 valence electrons. The molecule has 5 nitrogen and oxygen atoms in total. The quantitative estimate of drug-likeness (QED) is 0.598. The summed E-state index contributed by atoms with van der Waals surface area (Å²) in [6.07, 6.45) is 2.49. The van der Waals surface area contributed by atoms with Crippen molar-refractivity contribution < 1.29 is 4.74 Å². The van der Waals surface area contributed by atoms with Crippen LogP contribution in [-0.4, -0.2) is 51.2 Å². The fraction of sp³-hybridized carbons (Fsp3) is 0.588. The third-order valence-corrected chi connectivity index (χ3v) is 3.79. The van der Waals surface area contributed by atoms with Crippen molar-refractivity contribution >= 4 is 5.96 Å². The van der Waals surface area contributed by atoms with E-state index in [1.807, 2.05) is 12.1 Å². The van der Waals surface area contributed by atoms with Crippen LogP contribution in [-0.2, 0) is 0 Å². The zero-order chi connectivity index (χ0) is 15.9. The maximum absolute atomic E-state index is 5.33. The van der Waals surface area contributed by atoms with E-state index in [0.29, 0.717) is 12.6 Å². The third-order valence-electron chi connectivity index (χ3n) is 3.79. The lowest BCUT2D eigenvalue weighted by Crippen LogP contribution is -2.39. The summed E-state index contributed by atoms with van der Waals surface area (Å²) in [6, 6.07) is 9.04. The number of hydrogen-bond donors (Lipinski definition) is 2. The number of guanidine groups is 1. The van der Waals surface area contributed by atoms with Gasteiger partial charge in [0.2, 0.25) is 0 Å². The smallest absolute Gasteiger partial charge is 0.191 e. The number of benzene rings is 1. The summed E-state index contributed by atoms with van der Waals surface area (Å²) >= 11 is 0. The van der Waals surface area contributed by atoms with Crippen molar-refractivity contribution in [3.8, 4) is 5.75 Å². The summed E-state index contributed by atoms with van der Waals surface area (Å²) in [5.74, 6) is 1.80. The van der Waals surface area contributed by atoms with E-state index in [1.165, 1.54) is 18.4 Å². The molecule has 1 aliphatic carbocycles. The largest absolute Gasteiger partial charge is 0.497 e. The molecule has 0 heterocycles. The van der Waals surface area contributed by atoms with E-state index in [9.17, 15) is 0 Å². The van der Waals surface area contributed by atoms with Gasteiger partial charge in [0.25, 0.3) is 0 Å². The molecule has 1 saturated carbocycles. The van der Waals surface area contributed by atoms with Crippen LogP contribution in [0.25, 0.3) is 0 Å². The number of rotatable bonds is 7. The van der Waals surface area contributed by atoms with Crippen LogP contribution in [0.2, 0.25) is 0 Å². The van der Waals surface area contributed by atoms with Gasteiger partial charge in [0.1, 0.15) is 5.75 Å². The van der Waals surface area contributed by atoms with Crippen LogP contribution >= 0.6 is 0 Å². The Bertz CT molecular complexity index is 497. The lowest BCUT2D eigenvalue weighted by Gasteiger charge is -2.24. The predicted molar refractivity (Wildman–Crippen MR) is 91.6 cm³/mol. The van der Waals surface area contributed by atoms with Gasteiger partial charge >= 0.3 is 0 Å². The van der Waals surface area contributed by atoms with Gasteiger partial charge < -0.3 is 20.3 Å². The van der Waals surface area contributed by atoms with E-state index in [2.05, 4.69) is 48.7 Å². The van der Waals surface area contributed by atoms with E-state index < -0.39 is 0 Å². The Labute approximate surface area is 133 Å². The minimum Gasteiger partial charge on any atom is -0.497 e. The van der Waals surface area contributed by atoms with Gasteiger partial charge in [-0.2, -0.15) is 0 Å². The van der Waals surface area contributed by atoms with Crippen LogP contribution in [0.4, 0.5) is 0 Å². The van der Waals surface area contributed by atoms with Crippen LogP contribution in [0.5, 0.6) is 5.75 Å². The second kappa shape index (κ2) is 8.03. The fourth-order valence-corrected chi connectivity index (χ4v) is 2.33. The zero-order valence-electron chi connectivity index (χ0n) is 14.1. The number of hydrogen-bond acceptors (Lipinski definition) is 3. The maximum atomic E-state index is 5.33. The van der Waals surface area contributed by atoms with Gasteiger partial charge in [0.05, 0.1) is 19.7 Å². The summed E-state index contributed by atoms with van der Waals surface area (Å²) in [5.41, 5.74) is 1.22. The first-order chi connectivity index (χ1) is 10.6. The van der Waals surface area contributed by atoms with Crippen molar-refractivity contribution in [2.24, 2.45) is 4.99 Å². The number of nitrogens with zero attached hydrogens (tertiary/aromatic N) is 2. The number of methoxy groups -OCH3 is 1. The van der Waals surface area contributed by atoms with Crippen molar-refractivity contribution in [1.82, 2.24) is 15.5 Å². The van der Waals surface area contributed by atoms with Crippen molar-refractivity contribution in [1.29, 1.82) is 0 Å². The molecule has 0 spiro atoms. The molecule has 5 heteroatoms. The third kappa shape index (κ3) is 4.91. The monoisotopic (exact) mass is 304 g/mol. The van der Waals surface area contributed by atoms with Crippen LogP contribution in [0.15, 0.2) is 29.3 Å². The first kappa shape index (κ1) is 16.6. The van der Waals surface area contributed by atoms with Crippen molar-refractivity contribution in [2.45, 2.75) is 31.8 Å². The van der Waals surface area contributed by atoms with Crippen molar-refractivity contribution in [2.75, 3.05) is 34.3 Å². The SMILES string of the molecule is CCNC(=NCC(c1cccc(OC)c1)N(C)C)NC1CC1. The lowest BCUT2D eigenvalue weighted by atomic mass is 10.1. The van der Waals surface area contributed by atoms with Gasteiger partial charge in [-0.25, -0.2) is 0 Å². The van der Waals surface area contributed by atoms with Gasteiger partial charge in [0, 0.05) is 12.6 Å². The summed E-state index contributed by atoms with van der Waals surface area (Å²) in [5, 5.41) is 6.77. The standard InChI is InChI=1S/C17H28N4O/c1-5-18-17(20-14-9-10-14)19-12-16(21(2)3)13-7-6-8-15(11-13)22-4/h6-8,11,14,16H,5,9-10,12H2,1-4H3,(H2,18,19,20). The fourth-order valence-electron chi connectivity index (χ4n) is 2.33. The maximum Gasteiger partial charge on any atom is 0.191 e. The Morgan fingerprint density at radius 1 is 1.41 bits per heavy atom. The van der Waals surface area contributed by atoms with Gasteiger partial charge in [0.15, 0.2) is 5.96 Å². The highest BCUT2D eigenvalue weighted by atomic mass is 16.5. The van der Waals surface area contributed by atoms with Gasteiger partial charge in [-0.1, -0.05) is 12.1 Å². The Balaban J connectivity index is 2.09. The molecule has 1 aromatic rings. The van der Waals surface area contributed by atoms with E-state index in [4.69, 9.17) is 9.73 Å². The molecule has 0 radical (unpaired) electrons. The molecular weight excluding hydrogens is 276 g/mol. The summed E-state index contributed by atoms with van der Waals surface area (Å²) < 4.78 is 5.33. The van der Waals surface area contributed by atoms with Gasteiger partial charge in [-0.3, -0.25) is 4.99 Å². The second-order valence-corrected chi connectivity index (χ2v) is 5.89. The Morgan fingerprint density at radius 2 is 2.18 bits per heavy atom. The molecule has 22 heavy (non-hydrogen) atoms. The van der Waals surface area contributed by atoms with E-state index >= 15 is 0 Å². The van der Waals surface area contributed by atoms with Crippen molar-refractivity contribution in [3.05, 3.63) is 29.8 Å². The molecule has 1 fully saturated rings. The molecule has 0 aromatic heterocycles. The molecule has 2 N–H and O–H groups in total. The minimum atomic E-state index is 0.227. The summed E-state index contributed by atoms with van der Waals surface area (Å²) in [7, 11) is 5.87. The Morgan fingerprint density at radius 3 is 2.77 bits per heavy atom. The molecule has 0 amide bonds. The lowest BCUT2D eigenvalue weighted by molar-refractivity contribution is 0.305. The van der Waals surface area contributed by atoms with Crippen LogP contribution in [0.1, 0.15) is 31.4 Å². The van der Waals surface area contributed by atoms with E-state index in [1.54, 1.807) is 7.11 Å². The minimum absolute atomic E-state index is 0.227. The number of aliphatic imine (C=N–C) groups is 1. The average molecular weight is 304 g/mol. The second-order valence-electron chi connectivity index (χ2n) is 5.89. The first-order valence-corrected chi connectivity index (χ1v) is 7.99. The molecule has 2 rings (SSSR count). The summed E-state index contributed by atoms with van der Waals surface area (Å²) in [4.78, 5) is 6.95. The molecule has 0 aliphatic heterocycles. The van der Waals surface area contributed by atoms with Gasteiger partial charge in [-0.15, -0.1) is 0 Å². The normalized spacial score (nSPS) is 16.5. The zero-order valence-corrected chi connectivity index (χ0v) is 14.1. The molecular formula is C17H28N4O. The van der Waals surface area contributed by atoms with E-state index in [-0.39, 0.29) is 6.04 Å². The Kier molecular flexibility index (Phi) is 6.07. The highest BCUT2D eigenvalue weighted by Gasteiger charge is 2.22. The number of ether oxygens (including phenoxy) is 1. The molecule has 1 aromatic carbocycles. The molecule has 1 atom stereocenters. The van der Waals surface area contributed by atoms with Crippen LogP contribution in [0.3, 0.4) is 0 Å². The molecule has 0 saturated heterocycles. The highest BCUT2D eigenvalue weighted by molar-refractivity contribution is 5.80. The first-order valence-electron chi connectivity index (χ1n) is 7.99. The molecule has 1 unspecified atom stereocenters. The van der Waals surface area contributed by atoms with Crippen LogP contribution < -0.4 is 15.4 Å². The average Bonchev–Trinajstić information content (AvgIpc) is 3.31. The van der Waals surface area contributed by atoms with E-state index in [0.717, 1.165) is 18.3 Å². The molecule has 1 aliphatic rings. The molecule has 0 bridgehead atoms. The Hall–Kier alpha value is -1.75. The number of likely N-dealkylation sites (N-methyl/N-ethyl adjacent to an activating group) is 1. The number of nitrogens with one attached hydrogen (secondary N) is 2. The summed E-state index contributed by atoms with van der Waals surface area (Å²) in [6.45, 7) is 3.68. The highest BCUT2D eigenvalue weighted by Crippen LogP contribution is 2.23. The predicted octanol–water partition coefficient (Wildman–Crippen LogP) is 2.02. The van der Waals surface area contributed by atoms with Crippen LogP contribution in [0, 0.1) is 0 Å². The van der Waals surface area contributed by atoms with Gasteiger partial charge in [-0.05, 0) is 51.6 Å².